The fraction of sp³-hybridized carbons (Fsp3) is 0.500. The summed E-state index contributed by atoms with van der Waals surface area (Å²) in [4.78, 5) is 10.6. The van der Waals surface area contributed by atoms with Crippen LogP contribution in [0.4, 0.5) is 0 Å². The van der Waals surface area contributed by atoms with Crippen molar-refractivity contribution in [2.24, 2.45) is 5.92 Å². The van der Waals surface area contributed by atoms with Gasteiger partial charge in [-0.3, -0.25) is 4.79 Å². The summed E-state index contributed by atoms with van der Waals surface area (Å²) in [5.41, 5.74) is 2.38. The molecule has 1 aromatic rings. The summed E-state index contributed by atoms with van der Waals surface area (Å²) >= 11 is 1.61. The lowest BCUT2D eigenvalue weighted by atomic mass is 10.1. The van der Waals surface area contributed by atoms with Crippen LogP contribution in [0.25, 0.3) is 0 Å². The molecule has 1 aromatic carbocycles. The van der Waals surface area contributed by atoms with E-state index in [2.05, 4.69) is 6.07 Å². The van der Waals surface area contributed by atoms with Gasteiger partial charge in [-0.2, -0.15) is 11.8 Å². The van der Waals surface area contributed by atoms with Crippen molar-refractivity contribution in [3.05, 3.63) is 29.3 Å². The van der Waals surface area contributed by atoms with Crippen molar-refractivity contribution < 1.29 is 14.6 Å². The molecule has 0 spiro atoms. The average Bonchev–Trinajstić information content (AvgIpc) is 2.26. The highest BCUT2D eigenvalue weighted by Crippen LogP contribution is 2.17. The summed E-state index contributed by atoms with van der Waals surface area (Å²) in [6, 6.07) is 6.13. The largest absolute Gasteiger partial charge is 0.493 e. The second-order valence-electron chi connectivity index (χ2n) is 4.49. The van der Waals surface area contributed by atoms with Crippen molar-refractivity contribution in [3.63, 3.8) is 0 Å². The first-order valence-electron chi connectivity index (χ1n) is 6.00. The van der Waals surface area contributed by atoms with Gasteiger partial charge in [0.1, 0.15) is 5.75 Å². The standard InChI is InChI=1S/C14H20O3S/c1-10-6-11(2)8-13(7-10)17-4-5-18-9-12(3)14(15)16/h6-8,12H,4-5,9H2,1-3H3,(H,15,16). The molecule has 18 heavy (non-hydrogen) atoms. The van der Waals surface area contributed by atoms with Gasteiger partial charge in [0.05, 0.1) is 12.5 Å². The molecule has 0 saturated heterocycles. The van der Waals surface area contributed by atoms with Gasteiger partial charge in [0.2, 0.25) is 0 Å². The van der Waals surface area contributed by atoms with Gasteiger partial charge < -0.3 is 9.84 Å². The second kappa shape index (κ2) is 7.31. The van der Waals surface area contributed by atoms with E-state index in [4.69, 9.17) is 9.84 Å². The van der Waals surface area contributed by atoms with Crippen molar-refractivity contribution in [1.82, 2.24) is 0 Å². The Balaban J connectivity index is 2.23. The number of hydrogen-bond donors (Lipinski definition) is 1. The number of aliphatic carboxylic acids is 1. The maximum atomic E-state index is 10.6. The number of hydrogen-bond acceptors (Lipinski definition) is 3. The number of carbonyl (C=O) groups is 1. The summed E-state index contributed by atoms with van der Waals surface area (Å²) in [6.07, 6.45) is 0. The van der Waals surface area contributed by atoms with Gasteiger partial charge in [0.25, 0.3) is 0 Å². The van der Waals surface area contributed by atoms with E-state index >= 15 is 0 Å². The predicted molar refractivity (Wildman–Crippen MR) is 75.5 cm³/mol. The maximum Gasteiger partial charge on any atom is 0.307 e. The average molecular weight is 268 g/mol. The lowest BCUT2D eigenvalue weighted by Gasteiger charge is -2.09. The van der Waals surface area contributed by atoms with E-state index in [0.29, 0.717) is 12.4 Å². The van der Waals surface area contributed by atoms with Crippen LogP contribution in [0.2, 0.25) is 0 Å². The molecule has 100 valence electrons. The number of rotatable bonds is 7. The van der Waals surface area contributed by atoms with Crippen LogP contribution in [0.3, 0.4) is 0 Å². The Kier molecular flexibility index (Phi) is 6.05. The van der Waals surface area contributed by atoms with E-state index in [9.17, 15) is 4.79 Å². The molecular weight excluding hydrogens is 248 g/mol. The predicted octanol–water partition coefficient (Wildman–Crippen LogP) is 3.14. The fourth-order valence-corrected chi connectivity index (χ4v) is 2.43. The summed E-state index contributed by atoms with van der Waals surface area (Å²) in [7, 11) is 0. The minimum Gasteiger partial charge on any atom is -0.493 e. The molecule has 0 aromatic heterocycles. The zero-order valence-corrected chi connectivity index (χ0v) is 11.9. The molecule has 1 rings (SSSR count). The van der Waals surface area contributed by atoms with Crippen LogP contribution in [-0.4, -0.2) is 29.2 Å². The molecule has 4 heteroatoms. The monoisotopic (exact) mass is 268 g/mol. The molecule has 0 aliphatic heterocycles. The minimum atomic E-state index is -0.738. The van der Waals surface area contributed by atoms with E-state index in [1.165, 1.54) is 11.1 Å². The third kappa shape index (κ3) is 5.45. The van der Waals surface area contributed by atoms with Crippen LogP contribution in [0.1, 0.15) is 18.1 Å². The van der Waals surface area contributed by atoms with Crippen LogP contribution in [0.5, 0.6) is 5.75 Å². The van der Waals surface area contributed by atoms with Crippen LogP contribution in [0, 0.1) is 19.8 Å². The molecular formula is C14H20O3S. The van der Waals surface area contributed by atoms with Crippen LogP contribution < -0.4 is 4.74 Å². The Morgan fingerprint density at radius 1 is 1.33 bits per heavy atom. The van der Waals surface area contributed by atoms with Crippen molar-refractivity contribution >= 4 is 17.7 Å². The highest BCUT2D eigenvalue weighted by molar-refractivity contribution is 7.99. The molecule has 0 aliphatic carbocycles. The number of ether oxygens (including phenoxy) is 1. The highest BCUT2D eigenvalue weighted by atomic mass is 32.2. The Hall–Kier alpha value is -1.16. The van der Waals surface area contributed by atoms with Crippen LogP contribution >= 0.6 is 11.8 Å². The molecule has 0 radical (unpaired) electrons. The topological polar surface area (TPSA) is 46.5 Å². The molecule has 0 bridgehead atoms. The van der Waals surface area contributed by atoms with Crippen molar-refractivity contribution in [2.75, 3.05) is 18.1 Å². The molecule has 1 unspecified atom stereocenters. The Labute approximate surface area is 113 Å². The van der Waals surface area contributed by atoms with Gasteiger partial charge >= 0.3 is 5.97 Å². The second-order valence-corrected chi connectivity index (χ2v) is 5.64. The van der Waals surface area contributed by atoms with E-state index in [1.54, 1.807) is 18.7 Å². The van der Waals surface area contributed by atoms with Gasteiger partial charge in [0.15, 0.2) is 0 Å². The van der Waals surface area contributed by atoms with E-state index in [0.717, 1.165) is 11.5 Å². The minimum absolute atomic E-state index is 0.295. The number of benzene rings is 1. The van der Waals surface area contributed by atoms with Crippen LogP contribution in [0.15, 0.2) is 18.2 Å². The first-order chi connectivity index (χ1) is 8.49. The quantitative estimate of drug-likeness (QED) is 0.772. The van der Waals surface area contributed by atoms with Crippen LogP contribution in [-0.2, 0) is 4.79 Å². The van der Waals surface area contributed by atoms with Gasteiger partial charge in [-0.1, -0.05) is 13.0 Å². The van der Waals surface area contributed by atoms with Crippen molar-refractivity contribution in [2.45, 2.75) is 20.8 Å². The number of aryl methyl sites for hydroxylation is 2. The lowest BCUT2D eigenvalue weighted by molar-refractivity contribution is -0.140. The Morgan fingerprint density at radius 3 is 2.50 bits per heavy atom. The van der Waals surface area contributed by atoms with Gasteiger partial charge in [0, 0.05) is 11.5 Å². The Morgan fingerprint density at radius 2 is 1.94 bits per heavy atom. The molecule has 1 atom stereocenters. The number of thioether (sulfide) groups is 1. The molecule has 3 nitrogen and oxygen atoms in total. The third-order valence-electron chi connectivity index (χ3n) is 2.48. The molecule has 0 heterocycles. The number of carboxylic acids is 1. The van der Waals surface area contributed by atoms with Crippen molar-refractivity contribution in [3.8, 4) is 5.75 Å². The van der Waals surface area contributed by atoms with Crippen molar-refractivity contribution in [1.29, 1.82) is 0 Å². The SMILES string of the molecule is Cc1cc(C)cc(OCCSCC(C)C(=O)O)c1. The fourth-order valence-electron chi connectivity index (χ4n) is 1.57. The van der Waals surface area contributed by atoms with E-state index in [-0.39, 0.29) is 5.92 Å². The highest BCUT2D eigenvalue weighted by Gasteiger charge is 2.09. The molecule has 0 aliphatic rings. The van der Waals surface area contributed by atoms with Gasteiger partial charge in [-0.05, 0) is 37.1 Å². The molecule has 0 saturated carbocycles. The molecule has 1 N–H and O–H groups in total. The van der Waals surface area contributed by atoms with E-state index < -0.39 is 5.97 Å². The maximum absolute atomic E-state index is 10.6. The zero-order chi connectivity index (χ0) is 13.5. The third-order valence-corrected chi connectivity index (χ3v) is 3.67. The molecule has 0 amide bonds. The smallest absolute Gasteiger partial charge is 0.307 e. The van der Waals surface area contributed by atoms with Gasteiger partial charge in [-0.15, -0.1) is 0 Å². The first-order valence-corrected chi connectivity index (χ1v) is 7.16. The zero-order valence-electron chi connectivity index (χ0n) is 11.1. The number of carboxylic acid groups (broad SMARTS) is 1. The molecule has 0 fully saturated rings. The summed E-state index contributed by atoms with van der Waals surface area (Å²) in [6.45, 7) is 6.42. The summed E-state index contributed by atoms with van der Waals surface area (Å²) < 4.78 is 5.64. The van der Waals surface area contributed by atoms with E-state index in [1.807, 2.05) is 26.0 Å². The normalized spacial score (nSPS) is 12.2. The Bertz CT molecular complexity index is 384. The summed E-state index contributed by atoms with van der Waals surface area (Å²) in [5.74, 6) is 1.30. The lowest BCUT2D eigenvalue weighted by Crippen LogP contribution is -2.13. The summed E-state index contributed by atoms with van der Waals surface area (Å²) in [5, 5.41) is 8.73. The van der Waals surface area contributed by atoms with Gasteiger partial charge in [-0.25, -0.2) is 0 Å². The first kappa shape index (κ1) is 14.9.